The molecule has 3 atom stereocenters. The van der Waals surface area contributed by atoms with Crippen LogP contribution in [0.5, 0.6) is 17.2 Å². The molecule has 0 heterocycles. The molecular formula is C27H33GeN3O9. The van der Waals surface area contributed by atoms with E-state index < -0.39 is 36.0 Å². The Balaban J connectivity index is 0.000000563. The molecular weight excluding hydrogens is 583 g/mol. The van der Waals surface area contributed by atoms with Crippen LogP contribution in [0.4, 0.5) is 0 Å². The maximum absolute atomic E-state index is 10.4. The van der Waals surface area contributed by atoms with E-state index in [0.717, 1.165) is 16.7 Å². The van der Waals surface area contributed by atoms with E-state index in [1.54, 1.807) is 36.4 Å². The van der Waals surface area contributed by atoms with Gasteiger partial charge in [-0.1, -0.05) is 36.4 Å². The zero-order chi connectivity index (χ0) is 29.5. The Morgan fingerprint density at radius 3 is 0.825 bits per heavy atom. The molecule has 3 aromatic rings. The molecule has 0 spiro atoms. The van der Waals surface area contributed by atoms with Crippen molar-refractivity contribution in [2.24, 2.45) is 0 Å². The van der Waals surface area contributed by atoms with Gasteiger partial charge in [0.15, 0.2) is 0 Å². The molecule has 40 heavy (non-hydrogen) atoms. The van der Waals surface area contributed by atoms with Crippen LogP contribution in [0.1, 0.15) is 16.7 Å². The van der Waals surface area contributed by atoms with Gasteiger partial charge in [-0.15, -0.1) is 0 Å². The summed E-state index contributed by atoms with van der Waals surface area (Å²) in [5, 5.41) is 46.9. The van der Waals surface area contributed by atoms with Crippen LogP contribution >= 0.6 is 0 Å². The maximum atomic E-state index is 10.4. The Kier molecular flexibility index (Phi) is 16.4. The number of hydrogen-bond acceptors (Lipinski definition) is 6. The van der Waals surface area contributed by atoms with Crippen molar-refractivity contribution in [3.63, 3.8) is 0 Å². The quantitative estimate of drug-likeness (QED) is 0.237. The molecule has 0 fully saturated rings. The van der Waals surface area contributed by atoms with Gasteiger partial charge in [-0.05, 0) is 72.4 Å². The van der Waals surface area contributed by atoms with Crippen LogP contribution in [0.3, 0.4) is 0 Å². The number of aromatic hydroxyl groups is 3. The van der Waals surface area contributed by atoms with Crippen molar-refractivity contribution in [2.45, 2.75) is 37.4 Å². The van der Waals surface area contributed by atoms with E-state index in [0.29, 0.717) is 0 Å². The molecule has 214 valence electrons. The summed E-state index contributed by atoms with van der Waals surface area (Å²) in [6.45, 7) is 0. The van der Waals surface area contributed by atoms with Gasteiger partial charge in [-0.2, -0.15) is 0 Å². The molecule has 12 nitrogen and oxygen atoms in total. The standard InChI is InChI=1S/3C9H10NO3.Ge/c3*10-8(9(12)13)5-6-1-3-7(11)4-2-6;/h3*1-4,8,10-11H,5H2,(H,12,13);/q3*-1;/p+3. The van der Waals surface area contributed by atoms with Gasteiger partial charge in [0.1, 0.15) is 17.2 Å². The number of rotatable bonds is 9. The van der Waals surface area contributed by atoms with Crippen molar-refractivity contribution in [1.29, 1.82) is 0 Å². The van der Waals surface area contributed by atoms with E-state index in [1.165, 1.54) is 36.4 Å². The van der Waals surface area contributed by atoms with Gasteiger partial charge in [0, 0.05) is 50.1 Å². The van der Waals surface area contributed by atoms with Crippen LogP contribution in [0.25, 0.3) is 17.2 Å². The molecule has 0 saturated carbocycles. The first-order chi connectivity index (χ1) is 18.3. The molecule has 4 radical (unpaired) electrons. The minimum Gasteiger partial charge on any atom is -0.660 e. The molecule has 3 aromatic carbocycles. The second kappa shape index (κ2) is 18.2. The average Bonchev–Trinajstić information content (AvgIpc) is 2.88. The largest absolute Gasteiger partial charge is 0.660 e. The van der Waals surface area contributed by atoms with E-state index in [2.05, 4.69) is 0 Å². The summed E-state index contributed by atoms with van der Waals surface area (Å²) >= 11 is 0. The fraction of sp³-hybridized carbons (Fsp3) is 0.222. The summed E-state index contributed by atoms with van der Waals surface area (Å²) in [5.74, 6) is -2.18. The molecule has 12 N–H and O–H groups in total. The maximum Gasteiger partial charge on any atom is 0.498 e. The van der Waals surface area contributed by atoms with E-state index >= 15 is 0 Å². The van der Waals surface area contributed by atoms with Crippen LogP contribution < -0.4 is 0 Å². The number of carbonyl (C=O) groups is 3. The molecule has 0 aromatic heterocycles. The third-order valence-corrected chi connectivity index (χ3v) is 5.08. The van der Waals surface area contributed by atoms with Gasteiger partial charge in [0.05, 0.1) is 0 Å². The number of benzene rings is 3. The fourth-order valence-electron chi connectivity index (χ4n) is 2.88. The minimum atomic E-state index is -1.02. The van der Waals surface area contributed by atoms with Gasteiger partial charge >= 0.3 is 17.9 Å². The molecule has 13 heteroatoms. The van der Waals surface area contributed by atoms with Crippen molar-refractivity contribution in [3.05, 3.63) is 107 Å². The fourth-order valence-corrected chi connectivity index (χ4v) is 2.88. The summed E-state index contributed by atoms with van der Waals surface area (Å²) in [6, 6.07) is 15.7. The van der Waals surface area contributed by atoms with Gasteiger partial charge in [0.2, 0.25) is 0 Å². The Morgan fingerprint density at radius 1 is 0.500 bits per heavy atom. The zero-order valence-corrected chi connectivity index (χ0v) is 23.4. The summed E-state index contributed by atoms with van der Waals surface area (Å²) in [6.07, 6.45) is 0.674. The summed E-state index contributed by atoms with van der Waals surface area (Å²) < 4.78 is 0. The summed E-state index contributed by atoms with van der Waals surface area (Å²) in [5.41, 5.74) is 24.0. The first-order valence-electron chi connectivity index (χ1n) is 11.5. The van der Waals surface area contributed by atoms with Crippen molar-refractivity contribution >= 4 is 35.5 Å². The van der Waals surface area contributed by atoms with Gasteiger partial charge < -0.3 is 47.8 Å². The SMILES string of the molecule is [Ge].[NH-]C(Cc1ccc(O)cc1)C(=O)[OH2+].[NH-]C(Cc1ccc(O)cc1)C(=O)[OH2+].[NH-]C(Cc1ccc(O)cc1)C(=O)[OH2+]. The average molecular weight is 616 g/mol. The first-order valence-corrected chi connectivity index (χ1v) is 11.5. The number of phenols is 3. The Bertz CT molecular complexity index is 1040. The van der Waals surface area contributed by atoms with Crippen molar-refractivity contribution in [1.82, 2.24) is 0 Å². The van der Waals surface area contributed by atoms with E-state index in [9.17, 15) is 14.4 Å². The van der Waals surface area contributed by atoms with Crippen LogP contribution in [0.2, 0.25) is 0 Å². The third-order valence-electron chi connectivity index (χ3n) is 5.08. The third kappa shape index (κ3) is 14.7. The Morgan fingerprint density at radius 2 is 0.675 bits per heavy atom. The molecule has 3 rings (SSSR count). The van der Waals surface area contributed by atoms with E-state index in [4.69, 9.17) is 47.8 Å². The number of hydrogen-bond donors (Lipinski definition) is 3. The van der Waals surface area contributed by atoms with Gasteiger partial charge in [0.25, 0.3) is 0 Å². The molecule has 0 aliphatic rings. The minimum absolute atomic E-state index is 0. The Hall–Kier alpha value is -4.11. The topological polar surface area (TPSA) is 252 Å². The van der Waals surface area contributed by atoms with Crippen LogP contribution in [-0.2, 0) is 33.6 Å². The van der Waals surface area contributed by atoms with Gasteiger partial charge in [-0.25, -0.2) is 0 Å². The summed E-state index contributed by atoms with van der Waals surface area (Å²) in [4.78, 5) is 31.3. The molecule has 0 saturated heterocycles. The normalized spacial score (nSPS) is 12.1. The molecule has 3 unspecified atom stereocenters. The van der Waals surface area contributed by atoms with E-state index in [-0.39, 0.29) is 54.1 Å². The van der Waals surface area contributed by atoms with Crippen molar-refractivity contribution < 1.29 is 45.0 Å². The second-order valence-corrected chi connectivity index (χ2v) is 8.36. The van der Waals surface area contributed by atoms with Gasteiger partial charge in [-0.3, -0.25) is 0 Å². The Labute approximate surface area is 241 Å². The smallest absolute Gasteiger partial charge is 0.498 e. The second-order valence-electron chi connectivity index (χ2n) is 8.36. The van der Waals surface area contributed by atoms with Crippen LogP contribution in [0.15, 0.2) is 72.8 Å². The number of phenolic OH excluding ortho intramolecular Hbond substituents is 3. The van der Waals surface area contributed by atoms with Crippen LogP contribution in [-0.4, -0.2) is 84.3 Å². The van der Waals surface area contributed by atoms with E-state index in [1.807, 2.05) is 0 Å². The molecule has 0 amide bonds. The van der Waals surface area contributed by atoms with Crippen molar-refractivity contribution in [3.8, 4) is 17.2 Å². The first kappa shape index (κ1) is 35.9. The number of carbonyl (C=O) groups excluding carboxylic acids is 3. The molecule has 0 bridgehead atoms. The predicted octanol–water partition coefficient (Wildman–Crippen LogP) is 1.44. The number of nitrogens with one attached hydrogen (secondary N) is 3. The van der Waals surface area contributed by atoms with Crippen LogP contribution in [0, 0.1) is 0 Å². The molecule has 0 aliphatic heterocycles. The zero-order valence-electron chi connectivity index (χ0n) is 21.3. The summed E-state index contributed by atoms with van der Waals surface area (Å²) in [7, 11) is 0. The molecule has 0 aliphatic carbocycles. The van der Waals surface area contributed by atoms with Crippen molar-refractivity contribution in [2.75, 3.05) is 0 Å². The monoisotopic (exact) mass is 617 g/mol. The predicted molar refractivity (Wildman–Crippen MR) is 151 cm³/mol.